The van der Waals surface area contributed by atoms with Gasteiger partial charge in [0.1, 0.15) is 0 Å². The van der Waals surface area contributed by atoms with E-state index in [0.717, 1.165) is 13.0 Å². The Labute approximate surface area is 120 Å². The Hall–Kier alpha value is -0.300. The predicted octanol–water partition coefficient (Wildman–Crippen LogP) is 2.60. The molecular formula is C11H14BrClN2O2S. The average Bonchev–Trinajstić information content (AvgIpc) is 2.34. The predicted molar refractivity (Wildman–Crippen MR) is 77.6 cm³/mol. The summed E-state index contributed by atoms with van der Waals surface area (Å²) in [5.41, 5.74) is 0.518. The maximum atomic E-state index is 12.2. The second kappa shape index (κ2) is 5.77. The van der Waals surface area contributed by atoms with Crippen molar-refractivity contribution in [3.05, 3.63) is 27.7 Å². The van der Waals surface area contributed by atoms with Crippen LogP contribution in [0.15, 0.2) is 22.7 Å². The first-order chi connectivity index (χ1) is 8.49. The van der Waals surface area contributed by atoms with Gasteiger partial charge in [-0.05, 0) is 53.5 Å². The third-order valence-electron chi connectivity index (χ3n) is 2.87. The number of piperidine rings is 1. The number of anilines is 1. The molecule has 0 spiro atoms. The van der Waals surface area contributed by atoms with E-state index in [1.807, 2.05) is 0 Å². The SMILES string of the molecule is O=S(=O)(Nc1ccc(Cl)cc1Br)C1CCCNC1. The fourth-order valence-corrected chi connectivity index (χ4v) is 4.27. The largest absolute Gasteiger partial charge is 0.315 e. The Balaban J connectivity index is 2.16. The van der Waals surface area contributed by atoms with Gasteiger partial charge in [0.2, 0.25) is 10.0 Å². The van der Waals surface area contributed by atoms with Crippen molar-refractivity contribution < 1.29 is 8.42 Å². The van der Waals surface area contributed by atoms with Crippen molar-refractivity contribution in [2.24, 2.45) is 0 Å². The average molecular weight is 354 g/mol. The monoisotopic (exact) mass is 352 g/mol. The Kier molecular flexibility index (Phi) is 4.53. The minimum absolute atomic E-state index is 0.381. The van der Waals surface area contributed by atoms with Crippen molar-refractivity contribution in [2.45, 2.75) is 18.1 Å². The molecule has 1 aromatic carbocycles. The number of hydrogen-bond donors (Lipinski definition) is 2. The van der Waals surface area contributed by atoms with Gasteiger partial charge in [-0.1, -0.05) is 11.6 Å². The van der Waals surface area contributed by atoms with Gasteiger partial charge in [0.25, 0.3) is 0 Å². The van der Waals surface area contributed by atoms with Crippen molar-refractivity contribution in [1.29, 1.82) is 0 Å². The Bertz CT molecular complexity index is 530. The topological polar surface area (TPSA) is 58.2 Å². The summed E-state index contributed by atoms with van der Waals surface area (Å²) in [4.78, 5) is 0. The standard InChI is InChI=1S/C11H14BrClN2O2S/c12-10-6-8(13)3-4-11(10)15-18(16,17)9-2-1-5-14-7-9/h3-4,6,9,14-15H,1-2,5,7H2. The Morgan fingerprint density at radius 1 is 1.44 bits per heavy atom. The molecule has 2 rings (SSSR count). The molecule has 7 heteroatoms. The molecule has 0 aliphatic carbocycles. The van der Waals surface area contributed by atoms with Gasteiger partial charge in [-0.25, -0.2) is 8.42 Å². The summed E-state index contributed by atoms with van der Waals surface area (Å²) in [5, 5.41) is 3.28. The summed E-state index contributed by atoms with van der Waals surface area (Å²) in [6, 6.07) is 4.97. The van der Waals surface area contributed by atoms with E-state index >= 15 is 0 Å². The summed E-state index contributed by atoms with van der Waals surface area (Å²) in [6.07, 6.45) is 1.57. The summed E-state index contributed by atoms with van der Waals surface area (Å²) < 4.78 is 27.6. The van der Waals surface area contributed by atoms with Crippen LogP contribution in [0.25, 0.3) is 0 Å². The lowest BCUT2D eigenvalue weighted by molar-refractivity contribution is 0.499. The van der Waals surface area contributed by atoms with Crippen LogP contribution in [0.4, 0.5) is 5.69 Å². The molecule has 1 heterocycles. The van der Waals surface area contributed by atoms with Gasteiger partial charge in [-0.15, -0.1) is 0 Å². The van der Waals surface area contributed by atoms with Gasteiger partial charge in [0.15, 0.2) is 0 Å². The lowest BCUT2D eigenvalue weighted by Crippen LogP contribution is -2.41. The van der Waals surface area contributed by atoms with Crippen LogP contribution >= 0.6 is 27.5 Å². The van der Waals surface area contributed by atoms with Crippen LogP contribution in [0, 0.1) is 0 Å². The first-order valence-corrected chi connectivity index (χ1v) is 8.38. The maximum absolute atomic E-state index is 12.2. The molecule has 1 fully saturated rings. The van der Waals surface area contributed by atoms with Crippen molar-refractivity contribution >= 4 is 43.2 Å². The van der Waals surface area contributed by atoms with E-state index in [1.54, 1.807) is 18.2 Å². The van der Waals surface area contributed by atoms with Crippen molar-refractivity contribution in [3.8, 4) is 0 Å². The number of benzene rings is 1. The first-order valence-electron chi connectivity index (χ1n) is 5.66. The second-order valence-electron chi connectivity index (χ2n) is 4.24. The number of hydrogen-bond acceptors (Lipinski definition) is 3. The molecule has 1 saturated heterocycles. The molecule has 2 N–H and O–H groups in total. The summed E-state index contributed by atoms with van der Waals surface area (Å²) in [5.74, 6) is 0. The highest BCUT2D eigenvalue weighted by atomic mass is 79.9. The van der Waals surface area contributed by atoms with E-state index < -0.39 is 10.0 Å². The molecule has 1 aliphatic rings. The number of halogens is 2. The lowest BCUT2D eigenvalue weighted by atomic mass is 10.2. The third kappa shape index (κ3) is 3.38. The molecule has 18 heavy (non-hydrogen) atoms. The van der Waals surface area contributed by atoms with E-state index in [9.17, 15) is 8.42 Å². The van der Waals surface area contributed by atoms with Crippen LogP contribution in [-0.4, -0.2) is 26.8 Å². The molecule has 0 aromatic heterocycles. The van der Waals surface area contributed by atoms with Gasteiger partial charge in [0, 0.05) is 16.0 Å². The van der Waals surface area contributed by atoms with Crippen molar-refractivity contribution in [3.63, 3.8) is 0 Å². The second-order valence-corrected chi connectivity index (χ2v) is 7.49. The smallest absolute Gasteiger partial charge is 0.236 e. The van der Waals surface area contributed by atoms with E-state index in [4.69, 9.17) is 11.6 Å². The van der Waals surface area contributed by atoms with Crippen LogP contribution in [0.3, 0.4) is 0 Å². The van der Waals surface area contributed by atoms with Crippen LogP contribution in [-0.2, 0) is 10.0 Å². The summed E-state index contributed by atoms with van der Waals surface area (Å²) in [6.45, 7) is 1.39. The molecule has 0 saturated carbocycles. The number of sulfonamides is 1. The summed E-state index contributed by atoms with van der Waals surface area (Å²) >= 11 is 9.12. The zero-order chi connectivity index (χ0) is 13.2. The van der Waals surface area contributed by atoms with Crippen LogP contribution in [0.2, 0.25) is 5.02 Å². The highest BCUT2D eigenvalue weighted by Gasteiger charge is 2.27. The minimum Gasteiger partial charge on any atom is -0.315 e. The zero-order valence-corrected chi connectivity index (χ0v) is 12.8. The molecule has 0 bridgehead atoms. The zero-order valence-electron chi connectivity index (χ0n) is 9.62. The lowest BCUT2D eigenvalue weighted by Gasteiger charge is -2.23. The van der Waals surface area contributed by atoms with Gasteiger partial charge >= 0.3 is 0 Å². The fourth-order valence-electron chi connectivity index (χ4n) is 1.89. The molecule has 1 atom stereocenters. The Morgan fingerprint density at radius 2 is 2.22 bits per heavy atom. The van der Waals surface area contributed by atoms with Gasteiger partial charge < -0.3 is 5.32 Å². The van der Waals surface area contributed by atoms with E-state index in [-0.39, 0.29) is 5.25 Å². The molecular weight excluding hydrogens is 340 g/mol. The van der Waals surface area contributed by atoms with Crippen LogP contribution < -0.4 is 10.0 Å². The summed E-state index contributed by atoms with van der Waals surface area (Å²) in [7, 11) is -3.36. The van der Waals surface area contributed by atoms with E-state index in [0.29, 0.717) is 28.1 Å². The maximum Gasteiger partial charge on any atom is 0.236 e. The number of nitrogens with one attached hydrogen (secondary N) is 2. The quantitative estimate of drug-likeness (QED) is 0.878. The van der Waals surface area contributed by atoms with Crippen LogP contribution in [0.5, 0.6) is 0 Å². The molecule has 100 valence electrons. The highest BCUT2D eigenvalue weighted by Crippen LogP contribution is 2.27. The minimum atomic E-state index is -3.36. The molecule has 1 aliphatic heterocycles. The van der Waals surface area contributed by atoms with Gasteiger partial charge in [-0.2, -0.15) is 0 Å². The van der Waals surface area contributed by atoms with E-state index in [1.165, 1.54) is 0 Å². The molecule has 1 unspecified atom stereocenters. The molecule has 4 nitrogen and oxygen atoms in total. The fraction of sp³-hybridized carbons (Fsp3) is 0.455. The van der Waals surface area contributed by atoms with E-state index in [2.05, 4.69) is 26.0 Å². The molecule has 0 radical (unpaired) electrons. The van der Waals surface area contributed by atoms with Gasteiger partial charge in [-0.3, -0.25) is 4.72 Å². The van der Waals surface area contributed by atoms with Crippen LogP contribution in [0.1, 0.15) is 12.8 Å². The van der Waals surface area contributed by atoms with Crippen molar-refractivity contribution in [1.82, 2.24) is 5.32 Å². The Morgan fingerprint density at radius 3 is 2.83 bits per heavy atom. The normalized spacial score (nSPS) is 20.7. The molecule has 0 amide bonds. The third-order valence-corrected chi connectivity index (χ3v) is 5.55. The number of rotatable bonds is 3. The first kappa shape index (κ1) is 14.1. The highest BCUT2D eigenvalue weighted by molar-refractivity contribution is 9.10. The molecule has 1 aromatic rings. The van der Waals surface area contributed by atoms with Crippen molar-refractivity contribution in [2.75, 3.05) is 17.8 Å². The van der Waals surface area contributed by atoms with Gasteiger partial charge in [0.05, 0.1) is 10.9 Å².